The lowest BCUT2D eigenvalue weighted by molar-refractivity contribution is 0.102. The van der Waals surface area contributed by atoms with Gasteiger partial charge in [-0.05, 0) is 26.3 Å². The number of nitriles is 1. The quantitative estimate of drug-likeness (QED) is 0.895. The van der Waals surface area contributed by atoms with Crippen molar-refractivity contribution in [3.8, 4) is 6.07 Å². The molecule has 0 aliphatic carbocycles. The highest BCUT2D eigenvalue weighted by molar-refractivity contribution is 6.03. The van der Waals surface area contributed by atoms with E-state index in [4.69, 9.17) is 5.26 Å². The van der Waals surface area contributed by atoms with Gasteiger partial charge in [-0.25, -0.2) is 0 Å². The molecule has 2 aromatic heterocycles. The van der Waals surface area contributed by atoms with Crippen LogP contribution >= 0.6 is 0 Å². The molecule has 2 aromatic rings. The Morgan fingerprint density at radius 2 is 2.30 bits per heavy atom. The second-order valence-corrected chi connectivity index (χ2v) is 4.64. The fourth-order valence-electron chi connectivity index (χ4n) is 2.08. The van der Waals surface area contributed by atoms with Crippen molar-refractivity contribution < 1.29 is 4.79 Å². The Bertz CT molecular complexity index is 674. The van der Waals surface area contributed by atoms with Crippen LogP contribution in [0.5, 0.6) is 0 Å². The second kappa shape index (κ2) is 5.61. The number of aromatic nitrogens is 3. The maximum Gasteiger partial charge on any atom is 0.272 e. The molecule has 0 saturated heterocycles. The van der Waals surface area contributed by atoms with Crippen LogP contribution in [0.15, 0.2) is 12.3 Å². The number of aromatic amines is 1. The monoisotopic (exact) mass is 271 g/mol. The molecule has 0 saturated carbocycles. The molecule has 1 amide bonds. The average Bonchev–Trinajstić information content (AvgIpc) is 3.00. The first-order chi connectivity index (χ1) is 9.56. The summed E-state index contributed by atoms with van der Waals surface area (Å²) in [5, 5.41) is 16.0. The van der Waals surface area contributed by atoms with Crippen LogP contribution < -0.4 is 5.32 Å². The first-order valence-electron chi connectivity index (χ1n) is 6.50. The molecule has 0 radical (unpaired) electrons. The van der Waals surface area contributed by atoms with Gasteiger partial charge >= 0.3 is 0 Å². The van der Waals surface area contributed by atoms with Gasteiger partial charge in [-0.3, -0.25) is 9.48 Å². The number of amides is 1. The van der Waals surface area contributed by atoms with Crippen LogP contribution in [0.3, 0.4) is 0 Å². The van der Waals surface area contributed by atoms with E-state index < -0.39 is 0 Å². The summed E-state index contributed by atoms with van der Waals surface area (Å²) in [4.78, 5) is 14.9. The predicted molar refractivity (Wildman–Crippen MR) is 75.5 cm³/mol. The summed E-state index contributed by atoms with van der Waals surface area (Å²) in [5.74, 6) is -0.270. The maximum atomic E-state index is 12.1. The molecule has 20 heavy (non-hydrogen) atoms. The summed E-state index contributed by atoms with van der Waals surface area (Å²) in [6, 6.07) is 3.51. The minimum Gasteiger partial charge on any atom is -0.356 e. The highest BCUT2D eigenvalue weighted by Gasteiger charge is 2.15. The first kappa shape index (κ1) is 13.9. The van der Waals surface area contributed by atoms with Crippen molar-refractivity contribution >= 4 is 11.6 Å². The molecule has 0 unspecified atom stereocenters. The molecule has 104 valence electrons. The normalized spacial score (nSPS) is 10.3. The number of carbonyl (C=O) groups excluding carboxylic acids is 1. The lowest BCUT2D eigenvalue weighted by atomic mass is 10.3. The van der Waals surface area contributed by atoms with Crippen molar-refractivity contribution in [2.75, 3.05) is 5.32 Å². The summed E-state index contributed by atoms with van der Waals surface area (Å²) in [6.07, 6.45) is 2.49. The molecular weight excluding hydrogens is 254 g/mol. The van der Waals surface area contributed by atoms with Gasteiger partial charge in [0.1, 0.15) is 11.8 Å². The van der Waals surface area contributed by atoms with Gasteiger partial charge in [-0.2, -0.15) is 10.4 Å². The topological polar surface area (TPSA) is 86.5 Å². The van der Waals surface area contributed by atoms with Crippen LogP contribution in [0, 0.1) is 25.2 Å². The molecular formula is C14H17N5O. The maximum absolute atomic E-state index is 12.1. The molecule has 6 heteroatoms. The molecule has 0 aliphatic heterocycles. The van der Waals surface area contributed by atoms with Crippen molar-refractivity contribution in [2.24, 2.45) is 0 Å². The number of hydrogen-bond acceptors (Lipinski definition) is 3. The molecule has 6 nitrogen and oxygen atoms in total. The number of carbonyl (C=O) groups is 1. The third-order valence-corrected chi connectivity index (χ3v) is 3.11. The molecule has 0 aliphatic rings. The van der Waals surface area contributed by atoms with Crippen molar-refractivity contribution in [1.29, 1.82) is 5.26 Å². The third-order valence-electron chi connectivity index (χ3n) is 3.11. The van der Waals surface area contributed by atoms with Gasteiger partial charge in [0.25, 0.3) is 5.91 Å². The molecule has 0 fully saturated rings. The smallest absolute Gasteiger partial charge is 0.272 e. The number of nitrogens with zero attached hydrogens (tertiary/aromatic N) is 3. The number of hydrogen-bond donors (Lipinski definition) is 2. The Morgan fingerprint density at radius 3 is 2.90 bits per heavy atom. The van der Waals surface area contributed by atoms with E-state index in [9.17, 15) is 4.79 Å². The van der Waals surface area contributed by atoms with Gasteiger partial charge in [0.15, 0.2) is 0 Å². The second-order valence-electron chi connectivity index (χ2n) is 4.64. The number of H-pyrrole nitrogens is 1. The molecule has 2 heterocycles. The van der Waals surface area contributed by atoms with E-state index in [2.05, 4.69) is 22.3 Å². The Balaban J connectivity index is 2.21. The Hall–Kier alpha value is -2.55. The van der Waals surface area contributed by atoms with Crippen molar-refractivity contribution in [1.82, 2.24) is 14.8 Å². The van der Waals surface area contributed by atoms with Crippen LogP contribution in [0.1, 0.15) is 40.8 Å². The van der Waals surface area contributed by atoms with Crippen molar-refractivity contribution in [2.45, 2.75) is 33.7 Å². The minimum absolute atomic E-state index is 0.270. The number of rotatable bonds is 4. The summed E-state index contributed by atoms with van der Waals surface area (Å²) in [7, 11) is 0. The highest BCUT2D eigenvalue weighted by atomic mass is 16.1. The summed E-state index contributed by atoms with van der Waals surface area (Å²) in [6.45, 7) is 6.70. The van der Waals surface area contributed by atoms with E-state index in [0.717, 1.165) is 30.0 Å². The van der Waals surface area contributed by atoms with E-state index >= 15 is 0 Å². The Morgan fingerprint density at radius 1 is 1.55 bits per heavy atom. The van der Waals surface area contributed by atoms with E-state index in [1.807, 2.05) is 24.6 Å². The van der Waals surface area contributed by atoms with Gasteiger partial charge in [-0.1, -0.05) is 6.92 Å². The lowest BCUT2D eigenvalue weighted by Gasteiger charge is -2.05. The zero-order valence-electron chi connectivity index (χ0n) is 11.8. The molecule has 0 spiro atoms. The first-order valence-corrected chi connectivity index (χ1v) is 6.50. The van der Waals surface area contributed by atoms with E-state index in [1.165, 1.54) is 12.3 Å². The van der Waals surface area contributed by atoms with Crippen LogP contribution in [0.4, 0.5) is 5.69 Å². The van der Waals surface area contributed by atoms with Gasteiger partial charge < -0.3 is 10.3 Å². The molecule has 2 rings (SSSR count). The Labute approximate surface area is 117 Å². The van der Waals surface area contributed by atoms with Crippen LogP contribution in [0.2, 0.25) is 0 Å². The number of anilines is 1. The van der Waals surface area contributed by atoms with Gasteiger partial charge in [0, 0.05) is 12.7 Å². The molecule has 0 aromatic carbocycles. The van der Waals surface area contributed by atoms with Gasteiger partial charge in [0.05, 0.1) is 22.6 Å². The van der Waals surface area contributed by atoms with E-state index in [-0.39, 0.29) is 5.91 Å². The number of nitrogens with one attached hydrogen (secondary N) is 2. The van der Waals surface area contributed by atoms with Gasteiger partial charge in [-0.15, -0.1) is 0 Å². The SMILES string of the molecule is CCCn1nc(C)c(NC(=O)c2cc(C#N)c[nH]2)c1C. The molecule has 2 N–H and O–H groups in total. The largest absolute Gasteiger partial charge is 0.356 e. The van der Waals surface area contributed by atoms with Crippen LogP contribution in [0.25, 0.3) is 0 Å². The summed E-state index contributed by atoms with van der Waals surface area (Å²) < 4.78 is 1.89. The predicted octanol–water partition coefficient (Wildman–Crippen LogP) is 2.36. The van der Waals surface area contributed by atoms with E-state index in [1.54, 1.807) is 0 Å². The standard InChI is InChI=1S/C14H17N5O/c1-4-5-19-10(3)13(9(2)18-19)17-14(20)12-6-11(7-15)8-16-12/h6,8,16H,4-5H2,1-3H3,(H,17,20). The van der Waals surface area contributed by atoms with E-state index in [0.29, 0.717) is 11.3 Å². The zero-order chi connectivity index (χ0) is 14.7. The van der Waals surface area contributed by atoms with Crippen LogP contribution in [-0.4, -0.2) is 20.7 Å². The van der Waals surface area contributed by atoms with Crippen molar-refractivity contribution in [3.05, 3.63) is 34.9 Å². The summed E-state index contributed by atoms with van der Waals surface area (Å²) in [5.41, 5.74) is 3.26. The zero-order valence-corrected chi connectivity index (χ0v) is 11.8. The molecule has 0 atom stereocenters. The molecule has 0 bridgehead atoms. The fourth-order valence-corrected chi connectivity index (χ4v) is 2.08. The lowest BCUT2D eigenvalue weighted by Crippen LogP contribution is -2.13. The third kappa shape index (κ3) is 2.57. The van der Waals surface area contributed by atoms with Gasteiger partial charge in [0.2, 0.25) is 0 Å². The Kier molecular flexibility index (Phi) is 3.89. The van der Waals surface area contributed by atoms with Crippen LogP contribution in [-0.2, 0) is 6.54 Å². The highest BCUT2D eigenvalue weighted by Crippen LogP contribution is 2.20. The average molecular weight is 271 g/mol. The minimum atomic E-state index is -0.270. The van der Waals surface area contributed by atoms with Crippen molar-refractivity contribution in [3.63, 3.8) is 0 Å². The fraction of sp³-hybridized carbons (Fsp3) is 0.357. The summed E-state index contributed by atoms with van der Waals surface area (Å²) >= 11 is 0. The number of aryl methyl sites for hydroxylation is 2.